The molecule has 0 aliphatic heterocycles. The van der Waals surface area contributed by atoms with Gasteiger partial charge in [0.05, 0.1) is 11.1 Å². The van der Waals surface area contributed by atoms with E-state index in [-0.39, 0.29) is 23.3 Å². The summed E-state index contributed by atoms with van der Waals surface area (Å²) in [6, 6.07) is 5.76. The van der Waals surface area contributed by atoms with Crippen LogP contribution in [0.4, 0.5) is 29.2 Å². The molecule has 0 aliphatic rings. The fraction of sp³-hybridized carbons (Fsp3) is 0.222. The molecule has 0 saturated heterocycles. The molecule has 3 aromatic rings. The first-order valence-corrected chi connectivity index (χ1v) is 7.79. The molecule has 2 aromatic carbocycles. The Morgan fingerprint density at radius 2 is 1.85 bits per heavy atom. The van der Waals surface area contributed by atoms with Crippen LogP contribution in [0.2, 0.25) is 0 Å². The van der Waals surface area contributed by atoms with E-state index in [1.54, 1.807) is 12.1 Å². The van der Waals surface area contributed by atoms with Crippen LogP contribution in [0, 0.1) is 5.82 Å². The van der Waals surface area contributed by atoms with Crippen molar-refractivity contribution >= 4 is 22.5 Å². The highest BCUT2D eigenvalue weighted by atomic mass is 19.4. The summed E-state index contributed by atoms with van der Waals surface area (Å²) in [5, 5.41) is 13.4. The maximum Gasteiger partial charge on any atom is 0.419 e. The summed E-state index contributed by atoms with van der Waals surface area (Å²) in [5.74, 6) is -1.25. The second-order valence-corrected chi connectivity index (χ2v) is 6.10. The second-order valence-electron chi connectivity index (χ2n) is 6.10. The van der Waals surface area contributed by atoms with E-state index >= 15 is 0 Å². The maximum absolute atomic E-state index is 13.4. The Morgan fingerprint density at radius 1 is 1.12 bits per heavy atom. The quantitative estimate of drug-likeness (QED) is 0.614. The molecule has 0 amide bonds. The molecular formula is C18H15F4N3O. The largest absolute Gasteiger partial charge is 0.508 e. The molecule has 1 aromatic heterocycles. The molecule has 4 nitrogen and oxygen atoms in total. The van der Waals surface area contributed by atoms with Crippen molar-refractivity contribution in [3.8, 4) is 5.75 Å². The van der Waals surface area contributed by atoms with Crippen LogP contribution in [-0.4, -0.2) is 15.1 Å². The SMILES string of the molecule is CC(C)c1c(O)ccc2cnc(Nc3ccc(F)c(C(F)(F)F)c3)nc12. The molecule has 26 heavy (non-hydrogen) atoms. The first kappa shape index (κ1) is 17.9. The third kappa shape index (κ3) is 3.40. The van der Waals surface area contributed by atoms with Gasteiger partial charge in [-0.3, -0.25) is 0 Å². The number of nitrogens with one attached hydrogen (secondary N) is 1. The Hall–Kier alpha value is -2.90. The smallest absolute Gasteiger partial charge is 0.419 e. The Bertz CT molecular complexity index is 971. The standard InChI is InChI=1S/C18H15F4N3O/c1-9(2)15-14(26)6-3-10-8-23-17(25-16(10)15)24-11-4-5-13(19)12(7-11)18(20,21)22/h3-9,26H,1-2H3,(H,23,24,25). The second kappa shape index (κ2) is 6.44. The Balaban J connectivity index is 2.04. The fourth-order valence-electron chi connectivity index (χ4n) is 2.69. The zero-order valence-corrected chi connectivity index (χ0v) is 13.9. The van der Waals surface area contributed by atoms with Crippen molar-refractivity contribution in [3.05, 3.63) is 53.5 Å². The molecule has 0 unspecified atom stereocenters. The van der Waals surface area contributed by atoms with E-state index in [0.29, 0.717) is 22.5 Å². The number of aromatic nitrogens is 2. The molecule has 0 aliphatic carbocycles. The number of fused-ring (bicyclic) bond motifs is 1. The Kier molecular flexibility index (Phi) is 4.43. The number of hydrogen-bond donors (Lipinski definition) is 2. The van der Waals surface area contributed by atoms with Crippen molar-refractivity contribution in [2.24, 2.45) is 0 Å². The van der Waals surface area contributed by atoms with Gasteiger partial charge in [-0.25, -0.2) is 14.4 Å². The number of rotatable bonds is 3. The van der Waals surface area contributed by atoms with E-state index in [1.165, 1.54) is 12.3 Å². The normalized spacial score (nSPS) is 12.0. The van der Waals surface area contributed by atoms with Gasteiger partial charge in [-0.05, 0) is 36.2 Å². The van der Waals surface area contributed by atoms with Crippen LogP contribution in [0.25, 0.3) is 10.9 Å². The highest BCUT2D eigenvalue weighted by molar-refractivity contribution is 5.85. The first-order chi connectivity index (χ1) is 12.2. The van der Waals surface area contributed by atoms with Crippen LogP contribution < -0.4 is 5.32 Å². The molecule has 8 heteroatoms. The number of halogens is 4. The lowest BCUT2D eigenvalue weighted by Gasteiger charge is -2.13. The van der Waals surface area contributed by atoms with E-state index in [1.807, 2.05) is 13.8 Å². The lowest BCUT2D eigenvalue weighted by molar-refractivity contribution is -0.139. The van der Waals surface area contributed by atoms with Crippen molar-refractivity contribution in [2.45, 2.75) is 25.9 Å². The van der Waals surface area contributed by atoms with E-state index < -0.39 is 17.6 Å². The van der Waals surface area contributed by atoms with Crippen molar-refractivity contribution in [2.75, 3.05) is 5.32 Å². The molecule has 136 valence electrons. The van der Waals surface area contributed by atoms with E-state index in [0.717, 1.165) is 6.07 Å². The Morgan fingerprint density at radius 3 is 2.50 bits per heavy atom. The number of aromatic hydroxyl groups is 1. The highest BCUT2D eigenvalue weighted by Crippen LogP contribution is 2.34. The molecule has 0 bridgehead atoms. The highest BCUT2D eigenvalue weighted by Gasteiger charge is 2.34. The van der Waals surface area contributed by atoms with Gasteiger partial charge in [0, 0.05) is 22.8 Å². The zero-order valence-electron chi connectivity index (χ0n) is 13.9. The number of benzene rings is 2. The van der Waals surface area contributed by atoms with Crippen molar-refractivity contribution in [1.29, 1.82) is 0 Å². The zero-order chi connectivity index (χ0) is 19.1. The average molecular weight is 365 g/mol. The predicted octanol–water partition coefficient (Wildman–Crippen LogP) is 5.36. The summed E-state index contributed by atoms with van der Waals surface area (Å²) < 4.78 is 51.9. The summed E-state index contributed by atoms with van der Waals surface area (Å²) in [7, 11) is 0. The first-order valence-electron chi connectivity index (χ1n) is 7.79. The van der Waals surface area contributed by atoms with E-state index in [4.69, 9.17) is 0 Å². The van der Waals surface area contributed by atoms with Gasteiger partial charge in [0.25, 0.3) is 0 Å². The molecule has 2 N–H and O–H groups in total. The molecule has 0 radical (unpaired) electrons. The minimum Gasteiger partial charge on any atom is -0.508 e. The van der Waals surface area contributed by atoms with Gasteiger partial charge in [0.2, 0.25) is 5.95 Å². The molecule has 0 fully saturated rings. The van der Waals surface area contributed by atoms with Crippen molar-refractivity contribution < 1.29 is 22.7 Å². The summed E-state index contributed by atoms with van der Waals surface area (Å²) in [6.07, 6.45) is -3.30. The third-order valence-corrected chi connectivity index (χ3v) is 3.87. The molecular weight excluding hydrogens is 350 g/mol. The number of phenols is 1. The summed E-state index contributed by atoms with van der Waals surface area (Å²) in [4.78, 5) is 8.38. The van der Waals surface area contributed by atoms with Crippen molar-refractivity contribution in [1.82, 2.24) is 9.97 Å². The van der Waals surface area contributed by atoms with Gasteiger partial charge in [0.1, 0.15) is 11.6 Å². The lowest BCUT2D eigenvalue weighted by atomic mass is 9.99. The molecule has 0 saturated carbocycles. The minimum atomic E-state index is -4.80. The number of alkyl halides is 3. The monoisotopic (exact) mass is 365 g/mol. The van der Waals surface area contributed by atoms with Gasteiger partial charge in [0.15, 0.2) is 0 Å². The van der Waals surface area contributed by atoms with Crippen LogP contribution in [0.5, 0.6) is 5.75 Å². The summed E-state index contributed by atoms with van der Waals surface area (Å²) >= 11 is 0. The predicted molar refractivity (Wildman–Crippen MR) is 90.0 cm³/mol. The van der Waals surface area contributed by atoms with Gasteiger partial charge >= 0.3 is 6.18 Å². The number of hydrogen-bond acceptors (Lipinski definition) is 4. The number of phenolic OH excluding ortho intramolecular Hbond substituents is 1. The molecule has 1 heterocycles. The van der Waals surface area contributed by atoms with E-state index in [2.05, 4.69) is 15.3 Å². The third-order valence-electron chi connectivity index (χ3n) is 3.87. The van der Waals surface area contributed by atoms with Crippen LogP contribution in [0.15, 0.2) is 36.5 Å². The molecule has 3 rings (SSSR count). The number of nitrogens with zero attached hydrogens (tertiary/aromatic N) is 2. The van der Waals surface area contributed by atoms with Crippen LogP contribution in [0.1, 0.15) is 30.9 Å². The average Bonchev–Trinajstić information content (AvgIpc) is 2.55. The maximum atomic E-state index is 13.4. The van der Waals surface area contributed by atoms with Gasteiger partial charge in [-0.15, -0.1) is 0 Å². The van der Waals surface area contributed by atoms with Gasteiger partial charge < -0.3 is 10.4 Å². The Labute approximate surface area is 146 Å². The minimum absolute atomic E-state index is 0.00400. The summed E-state index contributed by atoms with van der Waals surface area (Å²) in [6.45, 7) is 3.78. The van der Waals surface area contributed by atoms with Gasteiger partial charge in [-0.2, -0.15) is 13.2 Å². The van der Waals surface area contributed by atoms with E-state index in [9.17, 15) is 22.7 Å². The molecule has 0 spiro atoms. The number of anilines is 2. The van der Waals surface area contributed by atoms with Crippen LogP contribution >= 0.6 is 0 Å². The molecule has 0 atom stereocenters. The summed E-state index contributed by atoms with van der Waals surface area (Å²) in [5.41, 5.74) is -0.258. The van der Waals surface area contributed by atoms with Crippen LogP contribution in [0.3, 0.4) is 0 Å². The lowest BCUT2D eigenvalue weighted by Crippen LogP contribution is -2.09. The fourth-order valence-corrected chi connectivity index (χ4v) is 2.69. The van der Waals surface area contributed by atoms with Crippen LogP contribution in [-0.2, 0) is 6.18 Å². The van der Waals surface area contributed by atoms with Gasteiger partial charge in [-0.1, -0.05) is 13.8 Å². The van der Waals surface area contributed by atoms with Crippen molar-refractivity contribution in [3.63, 3.8) is 0 Å². The topological polar surface area (TPSA) is 58.0 Å².